The van der Waals surface area contributed by atoms with Gasteiger partial charge in [0.1, 0.15) is 17.1 Å². The molecule has 4 nitrogen and oxygen atoms in total. The molecule has 0 saturated heterocycles. The molecule has 1 amide bonds. The van der Waals surface area contributed by atoms with Crippen LogP contribution in [-0.2, 0) is 0 Å². The Kier molecular flexibility index (Phi) is 5.01. The molecule has 1 aliphatic rings. The fourth-order valence-corrected chi connectivity index (χ4v) is 3.77. The van der Waals surface area contributed by atoms with E-state index >= 15 is 0 Å². The van der Waals surface area contributed by atoms with Crippen LogP contribution in [0.4, 0.5) is 0 Å². The lowest BCUT2D eigenvalue weighted by molar-refractivity contribution is 0.0617. The van der Waals surface area contributed by atoms with E-state index in [2.05, 4.69) is 17.4 Å². The van der Waals surface area contributed by atoms with Crippen LogP contribution in [0.15, 0.2) is 72.8 Å². The molecule has 0 bridgehead atoms. The zero-order chi connectivity index (χ0) is 20.4. The van der Waals surface area contributed by atoms with Crippen LogP contribution in [0.3, 0.4) is 0 Å². The monoisotopic (exact) mass is 387 g/mol. The predicted molar refractivity (Wildman–Crippen MR) is 114 cm³/mol. The molecule has 3 aromatic carbocycles. The first-order valence-corrected chi connectivity index (χ1v) is 9.78. The Morgan fingerprint density at radius 2 is 1.69 bits per heavy atom. The smallest absolute Gasteiger partial charge is 0.251 e. The second-order valence-electron chi connectivity index (χ2n) is 7.94. The lowest BCUT2D eigenvalue weighted by atomic mass is 9.89. The number of fused-ring (bicyclic) bond motifs is 1. The number of carbonyl (C=O) groups is 1. The summed E-state index contributed by atoms with van der Waals surface area (Å²) in [5, 5.41) is 3.18. The van der Waals surface area contributed by atoms with Gasteiger partial charge in [0, 0.05) is 23.6 Å². The van der Waals surface area contributed by atoms with E-state index in [0.29, 0.717) is 12.0 Å². The maximum atomic E-state index is 12.9. The van der Waals surface area contributed by atoms with Gasteiger partial charge in [-0.25, -0.2) is 0 Å². The molecule has 0 aliphatic carbocycles. The summed E-state index contributed by atoms with van der Waals surface area (Å²) in [7, 11) is 1.63. The van der Waals surface area contributed by atoms with Gasteiger partial charge in [0.05, 0.1) is 13.2 Å². The Morgan fingerprint density at radius 1 is 1.00 bits per heavy atom. The zero-order valence-corrected chi connectivity index (χ0v) is 16.9. The van der Waals surface area contributed by atoms with Gasteiger partial charge in [-0.2, -0.15) is 0 Å². The van der Waals surface area contributed by atoms with Crippen LogP contribution in [0.5, 0.6) is 11.5 Å². The van der Waals surface area contributed by atoms with Crippen LogP contribution < -0.4 is 14.8 Å². The van der Waals surface area contributed by atoms with Gasteiger partial charge in [0.15, 0.2) is 0 Å². The summed E-state index contributed by atoms with van der Waals surface area (Å²) in [6, 6.07) is 23.5. The van der Waals surface area contributed by atoms with Crippen molar-refractivity contribution in [2.24, 2.45) is 0 Å². The van der Waals surface area contributed by atoms with E-state index in [1.807, 2.05) is 74.5 Å². The Labute approximate surface area is 171 Å². The van der Waals surface area contributed by atoms with Crippen LogP contribution in [0.1, 0.15) is 42.2 Å². The summed E-state index contributed by atoms with van der Waals surface area (Å²) in [5.74, 6) is 1.41. The third-order valence-electron chi connectivity index (χ3n) is 5.24. The molecular formula is C25H25NO3. The highest BCUT2D eigenvalue weighted by Crippen LogP contribution is 2.41. The second kappa shape index (κ2) is 7.63. The largest absolute Gasteiger partial charge is 0.497 e. The van der Waals surface area contributed by atoms with Gasteiger partial charge < -0.3 is 14.8 Å². The molecule has 4 heteroatoms. The van der Waals surface area contributed by atoms with Crippen LogP contribution in [-0.4, -0.2) is 18.6 Å². The third kappa shape index (κ3) is 4.11. The fraction of sp³-hybridized carbons (Fsp3) is 0.240. The van der Waals surface area contributed by atoms with E-state index in [1.54, 1.807) is 7.11 Å². The van der Waals surface area contributed by atoms with Crippen LogP contribution in [0.2, 0.25) is 0 Å². The van der Waals surface area contributed by atoms with Crippen molar-refractivity contribution in [2.75, 3.05) is 7.11 Å². The fourth-order valence-electron chi connectivity index (χ4n) is 3.77. The summed E-state index contributed by atoms with van der Waals surface area (Å²) in [6.07, 6.45) is 0.695. The molecule has 1 aliphatic heterocycles. The summed E-state index contributed by atoms with van der Waals surface area (Å²) in [6.45, 7) is 4.06. The second-order valence-corrected chi connectivity index (χ2v) is 7.94. The lowest BCUT2D eigenvalue weighted by Gasteiger charge is -2.38. The highest BCUT2D eigenvalue weighted by molar-refractivity contribution is 5.95. The Morgan fingerprint density at radius 3 is 2.38 bits per heavy atom. The molecule has 3 aromatic rings. The molecule has 0 fully saturated rings. The zero-order valence-electron chi connectivity index (χ0n) is 16.9. The van der Waals surface area contributed by atoms with Crippen molar-refractivity contribution in [1.82, 2.24) is 5.32 Å². The molecule has 1 heterocycles. The van der Waals surface area contributed by atoms with E-state index in [9.17, 15) is 4.79 Å². The number of hydrogen-bond acceptors (Lipinski definition) is 3. The normalized spacial score (nSPS) is 17.0. The third-order valence-corrected chi connectivity index (χ3v) is 5.24. The highest BCUT2D eigenvalue weighted by Gasteiger charge is 2.35. The number of carbonyl (C=O) groups excluding carboxylic acids is 1. The van der Waals surface area contributed by atoms with Gasteiger partial charge in [-0.05, 0) is 49.2 Å². The van der Waals surface area contributed by atoms with Crippen molar-refractivity contribution in [3.8, 4) is 22.6 Å². The van der Waals surface area contributed by atoms with E-state index in [4.69, 9.17) is 9.47 Å². The molecule has 1 N–H and O–H groups in total. The number of ether oxygens (including phenoxy) is 2. The first-order valence-electron chi connectivity index (χ1n) is 9.78. The van der Waals surface area contributed by atoms with Gasteiger partial charge >= 0.3 is 0 Å². The van der Waals surface area contributed by atoms with Crippen LogP contribution in [0, 0.1) is 0 Å². The number of methoxy groups -OCH3 is 1. The predicted octanol–water partition coefficient (Wildman–Crippen LogP) is 5.39. The quantitative estimate of drug-likeness (QED) is 0.652. The van der Waals surface area contributed by atoms with Crippen molar-refractivity contribution in [2.45, 2.75) is 31.9 Å². The van der Waals surface area contributed by atoms with Gasteiger partial charge in [0.2, 0.25) is 0 Å². The Bertz CT molecular complexity index is 1010. The summed E-state index contributed by atoms with van der Waals surface area (Å²) >= 11 is 0. The Hall–Kier alpha value is -3.27. The van der Waals surface area contributed by atoms with E-state index in [-0.39, 0.29) is 17.6 Å². The number of nitrogens with one attached hydrogen (secondary N) is 1. The lowest BCUT2D eigenvalue weighted by Crippen LogP contribution is -2.41. The SMILES string of the molecule is COc1ccc2c(c1)OC(C)(C)C[C@@H]2NC(=O)c1ccc(-c2ccccc2)cc1. The summed E-state index contributed by atoms with van der Waals surface area (Å²) in [5.41, 5.74) is 3.46. The minimum absolute atomic E-state index is 0.0888. The first kappa shape index (κ1) is 19.1. The van der Waals surface area contributed by atoms with Gasteiger partial charge in [-0.3, -0.25) is 4.79 Å². The van der Waals surface area contributed by atoms with Crippen LogP contribution >= 0.6 is 0 Å². The highest BCUT2D eigenvalue weighted by atomic mass is 16.5. The standard InChI is InChI=1S/C25H25NO3/c1-25(2)16-22(21-14-13-20(28-3)15-23(21)29-25)26-24(27)19-11-9-18(10-12-19)17-7-5-4-6-8-17/h4-15,22H,16H2,1-3H3,(H,26,27)/t22-/m0/s1. The first-order chi connectivity index (χ1) is 13.9. The Balaban J connectivity index is 1.55. The molecule has 0 unspecified atom stereocenters. The van der Waals surface area contributed by atoms with Crippen molar-refractivity contribution in [3.63, 3.8) is 0 Å². The minimum atomic E-state index is -0.380. The van der Waals surface area contributed by atoms with Crippen molar-refractivity contribution < 1.29 is 14.3 Å². The molecule has 29 heavy (non-hydrogen) atoms. The summed E-state index contributed by atoms with van der Waals surface area (Å²) in [4.78, 5) is 12.9. The molecule has 0 aromatic heterocycles. The number of amides is 1. The van der Waals surface area contributed by atoms with Crippen molar-refractivity contribution in [3.05, 3.63) is 83.9 Å². The molecule has 0 saturated carbocycles. The molecule has 1 atom stereocenters. The number of rotatable bonds is 4. The average Bonchev–Trinajstić information content (AvgIpc) is 2.73. The van der Waals surface area contributed by atoms with Crippen LogP contribution in [0.25, 0.3) is 11.1 Å². The van der Waals surface area contributed by atoms with Gasteiger partial charge in [-0.1, -0.05) is 42.5 Å². The van der Waals surface area contributed by atoms with Gasteiger partial charge in [-0.15, -0.1) is 0 Å². The summed E-state index contributed by atoms with van der Waals surface area (Å²) < 4.78 is 11.4. The van der Waals surface area contributed by atoms with Crippen molar-refractivity contribution in [1.29, 1.82) is 0 Å². The minimum Gasteiger partial charge on any atom is -0.497 e. The topological polar surface area (TPSA) is 47.6 Å². The van der Waals surface area contributed by atoms with Crippen molar-refractivity contribution >= 4 is 5.91 Å². The van der Waals surface area contributed by atoms with E-state index in [1.165, 1.54) is 0 Å². The molecule has 0 radical (unpaired) electrons. The number of benzene rings is 3. The molecule has 4 rings (SSSR count). The maximum Gasteiger partial charge on any atom is 0.251 e. The van der Waals surface area contributed by atoms with E-state index in [0.717, 1.165) is 28.2 Å². The van der Waals surface area contributed by atoms with E-state index < -0.39 is 0 Å². The molecule has 0 spiro atoms. The number of hydrogen-bond donors (Lipinski definition) is 1. The molecular weight excluding hydrogens is 362 g/mol. The average molecular weight is 387 g/mol. The van der Waals surface area contributed by atoms with Gasteiger partial charge in [0.25, 0.3) is 5.91 Å². The molecule has 148 valence electrons. The maximum absolute atomic E-state index is 12.9.